The second-order valence-electron chi connectivity index (χ2n) is 8.75. The maximum Gasteiger partial charge on any atom is 0.243 e. The van der Waals surface area contributed by atoms with E-state index in [2.05, 4.69) is 22.4 Å². The predicted octanol–water partition coefficient (Wildman–Crippen LogP) is 2.66. The van der Waals surface area contributed by atoms with Gasteiger partial charge >= 0.3 is 0 Å². The van der Waals surface area contributed by atoms with Crippen LogP contribution in [-0.2, 0) is 39.4 Å². The molecule has 1 aromatic heterocycles. The molecule has 1 aliphatic heterocycles. The SMILES string of the molecule is CC(CCc1ccccc1)NC(=O)CCc1nc2cc(S(=O)(=O)N3CCOCC3)ccc2n1C. The number of imidazole rings is 1. The molecule has 1 saturated heterocycles. The molecule has 0 aliphatic carbocycles. The molecule has 2 aromatic carbocycles. The van der Waals surface area contributed by atoms with E-state index in [9.17, 15) is 13.2 Å². The van der Waals surface area contributed by atoms with E-state index < -0.39 is 10.0 Å². The number of amides is 1. The molecule has 1 amide bonds. The normalized spacial score (nSPS) is 15.9. The molecule has 0 spiro atoms. The van der Waals surface area contributed by atoms with Crippen molar-refractivity contribution >= 4 is 27.0 Å². The molecule has 1 N–H and O–H groups in total. The van der Waals surface area contributed by atoms with E-state index in [1.54, 1.807) is 18.2 Å². The standard InChI is InChI=1S/C25H32N4O4S/c1-19(8-9-20-6-4-3-5-7-20)26-25(30)13-12-24-27-22-18-21(10-11-23(22)28(24)2)34(31,32)29-14-16-33-17-15-29/h3-7,10-11,18-19H,8-9,12-17H2,1-2H3,(H,26,30). The summed E-state index contributed by atoms with van der Waals surface area (Å²) in [5.41, 5.74) is 2.72. The average Bonchev–Trinajstić information content (AvgIpc) is 3.17. The highest BCUT2D eigenvalue weighted by atomic mass is 32.2. The molecule has 2 heterocycles. The van der Waals surface area contributed by atoms with Gasteiger partial charge in [0.25, 0.3) is 0 Å². The van der Waals surface area contributed by atoms with Crippen molar-refractivity contribution in [2.45, 2.75) is 43.5 Å². The molecule has 3 aromatic rings. The number of rotatable bonds is 9. The molecule has 8 nitrogen and oxygen atoms in total. The fourth-order valence-electron chi connectivity index (χ4n) is 4.22. The van der Waals surface area contributed by atoms with Crippen molar-refractivity contribution in [3.8, 4) is 0 Å². The van der Waals surface area contributed by atoms with Crippen LogP contribution in [0.15, 0.2) is 53.4 Å². The largest absolute Gasteiger partial charge is 0.379 e. The number of nitrogens with zero attached hydrogens (tertiary/aromatic N) is 3. The lowest BCUT2D eigenvalue weighted by Gasteiger charge is -2.26. The van der Waals surface area contributed by atoms with Crippen LogP contribution in [0.2, 0.25) is 0 Å². The van der Waals surface area contributed by atoms with Crippen LogP contribution < -0.4 is 5.32 Å². The minimum Gasteiger partial charge on any atom is -0.379 e. The van der Waals surface area contributed by atoms with Crippen LogP contribution in [0.3, 0.4) is 0 Å². The van der Waals surface area contributed by atoms with Crippen LogP contribution >= 0.6 is 0 Å². The summed E-state index contributed by atoms with van der Waals surface area (Å²) in [5.74, 6) is 0.742. The fourth-order valence-corrected chi connectivity index (χ4v) is 5.65. The van der Waals surface area contributed by atoms with Gasteiger partial charge in [0, 0.05) is 39.0 Å². The van der Waals surface area contributed by atoms with E-state index in [-0.39, 0.29) is 16.8 Å². The third-order valence-corrected chi connectivity index (χ3v) is 8.14. The third kappa shape index (κ3) is 5.65. The molecule has 0 saturated carbocycles. The van der Waals surface area contributed by atoms with Crippen molar-refractivity contribution in [3.05, 3.63) is 59.9 Å². The zero-order valence-electron chi connectivity index (χ0n) is 19.7. The summed E-state index contributed by atoms with van der Waals surface area (Å²) >= 11 is 0. The third-order valence-electron chi connectivity index (χ3n) is 6.24. The van der Waals surface area contributed by atoms with Crippen LogP contribution in [0.5, 0.6) is 0 Å². The minimum absolute atomic E-state index is 0.0109. The Hall–Kier alpha value is -2.75. The van der Waals surface area contributed by atoms with Crippen molar-refractivity contribution in [1.82, 2.24) is 19.2 Å². The summed E-state index contributed by atoms with van der Waals surface area (Å²) in [6.07, 6.45) is 2.60. The highest BCUT2D eigenvalue weighted by molar-refractivity contribution is 7.89. The zero-order valence-corrected chi connectivity index (χ0v) is 20.6. The first-order chi connectivity index (χ1) is 16.3. The molecular formula is C25H32N4O4S. The molecule has 1 aliphatic rings. The first kappa shape index (κ1) is 24.4. The molecule has 1 atom stereocenters. The summed E-state index contributed by atoms with van der Waals surface area (Å²) in [6.45, 7) is 3.54. The number of hydrogen-bond acceptors (Lipinski definition) is 5. The van der Waals surface area contributed by atoms with Crippen molar-refractivity contribution < 1.29 is 17.9 Å². The van der Waals surface area contributed by atoms with E-state index in [0.29, 0.717) is 44.7 Å². The Balaban J connectivity index is 1.36. The van der Waals surface area contributed by atoms with E-state index >= 15 is 0 Å². The second kappa shape index (κ2) is 10.7. The Morgan fingerprint density at radius 2 is 1.85 bits per heavy atom. The molecule has 34 heavy (non-hydrogen) atoms. The van der Waals surface area contributed by atoms with Gasteiger partial charge in [-0.05, 0) is 43.5 Å². The Kier molecular flexibility index (Phi) is 7.65. The van der Waals surface area contributed by atoms with Crippen LogP contribution in [-0.4, -0.2) is 60.5 Å². The Bertz CT molecular complexity index is 1230. The van der Waals surface area contributed by atoms with E-state index in [4.69, 9.17) is 4.74 Å². The molecule has 0 bridgehead atoms. The van der Waals surface area contributed by atoms with Gasteiger partial charge < -0.3 is 14.6 Å². The number of aromatic nitrogens is 2. The second-order valence-corrected chi connectivity index (χ2v) is 10.7. The predicted molar refractivity (Wildman–Crippen MR) is 131 cm³/mol. The molecule has 0 radical (unpaired) electrons. The van der Waals surface area contributed by atoms with Crippen molar-refractivity contribution in [1.29, 1.82) is 0 Å². The number of ether oxygens (including phenoxy) is 1. The Morgan fingerprint density at radius 1 is 1.12 bits per heavy atom. The smallest absolute Gasteiger partial charge is 0.243 e. The minimum atomic E-state index is -3.58. The van der Waals surface area contributed by atoms with Gasteiger partial charge in [0.05, 0.1) is 29.1 Å². The monoisotopic (exact) mass is 484 g/mol. The first-order valence-electron chi connectivity index (χ1n) is 11.7. The van der Waals surface area contributed by atoms with E-state index in [1.165, 1.54) is 9.87 Å². The summed E-state index contributed by atoms with van der Waals surface area (Å²) in [6, 6.07) is 15.4. The molecule has 1 unspecified atom stereocenters. The maximum absolute atomic E-state index is 13.0. The Morgan fingerprint density at radius 3 is 2.59 bits per heavy atom. The molecule has 1 fully saturated rings. The summed E-state index contributed by atoms with van der Waals surface area (Å²) in [7, 11) is -1.69. The number of aryl methyl sites for hydroxylation is 3. The van der Waals surface area contributed by atoms with Crippen molar-refractivity contribution in [3.63, 3.8) is 0 Å². The van der Waals surface area contributed by atoms with Gasteiger partial charge in [-0.25, -0.2) is 13.4 Å². The number of nitrogens with one attached hydrogen (secondary N) is 1. The summed E-state index contributed by atoms with van der Waals surface area (Å²) in [4.78, 5) is 17.3. The molecule has 182 valence electrons. The molecular weight excluding hydrogens is 452 g/mol. The van der Waals surface area contributed by atoms with Gasteiger partial charge in [-0.15, -0.1) is 0 Å². The highest BCUT2D eigenvalue weighted by Crippen LogP contribution is 2.23. The van der Waals surface area contributed by atoms with Crippen molar-refractivity contribution in [2.24, 2.45) is 7.05 Å². The van der Waals surface area contributed by atoms with E-state index in [0.717, 1.165) is 24.2 Å². The number of carbonyl (C=O) groups is 1. The van der Waals surface area contributed by atoms with Crippen LogP contribution in [0.25, 0.3) is 11.0 Å². The quantitative estimate of drug-likeness (QED) is 0.504. The topological polar surface area (TPSA) is 93.5 Å². The summed E-state index contributed by atoms with van der Waals surface area (Å²) < 4.78 is 34.6. The van der Waals surface area contributed by atoms with E-state index in [1.807, 2.05) is 36.7 Å². The van der Waals surface area contributed by atoms with Gasteiger partial charge in [0.1, 0.15) is 5.82 Å². The van der Waals surface area contributed by atoms with Crippen LogP contribution in [0.4, 0.5) is 0 Å². The number of benzene rings is 2. The number of sulfonamides is 1. The lowest BCUT2D eigenvalue weighted by Crippen LogP contribution is -2.40. The maximum atomic E-state index is 13.0. The lowest BCUT2D eigenvalue weighted by atomic mass is 10.1. The zero-order chi connectivity index (χ0) is 24.1. The van der Waals surface area contributed by atoms with Crippen molar-refractivity contribution in [2.75, 3.05) is 26.3 Å². The van der Waals surface area contributed by atoms with Gasteiger partial charge in [-0.1, -0.05) is 30.3 Å². The average molecular weight is 485 g/mol. The van der Waals surface area contributed by atoms with Crippen LogP contribution in [0, 0.1) is 0 Å². The van der Waals surface area contributed by atoms with Gasteiger partial charge in [-0.3, -0.25) is 4.79 Å². The Labute approximate surface area is 201 Å². The number of carbonyl (C=O) groups excluding carboxylic acids is 1. The number of fused-ring (bicyclic) bond motifs is 1. The van der Waals surface area contributed by atoms with Crippen LogP contribution in [0.1, 0.15) is 31.2 Å². The van der Waals surface area contributed by atoms with Gasteiger partial charge in [0.15, 0.2) is 0 Å². The first-order valence-corrected chi connectivity index (χ1v) is 13.1. The van der Waals surface area contributed by atoms with Gasteiger partial charge in [0.2, 0.25) is 15.9 Å². The number of hydrogen-bond donors (Lipinski definition) is 1. The lowest BCUT2D eigenvalue weighted by molar-refractivity contribution is -0.121. The molecule has 9 heteroatoms. The highest BCUT2D eigenvalue weighted by Gasteiger charge is 2.27. The summed E-state index contributed by atoms with van der Waals surface area (Å²) in [5, 5.41) is 3.07. The molecule has 4 rings (SSSR count). The fraction of sp³-hybridized carbons (Fsp3) is 0.440. The number of morpholine rings is 1. The van der Waals surface area contributed by atoms with Gasteiger partial charge in [-0.2, -0.15) is 4.31 Å².